The number of rotatable bonds is 3. The number of carbonyl (C=O) groups excluding carboxylic acids is 1. The lowest BCUT2D eigenvalue weighted by molar-refractivity contribution is 0.0859. The number of aromatic nitrogens is 1. The van der Waals surface area contributed by atoms with Gasteiger partial charge in [0.05, 0.1) is 11.6 Å². The van der Waals surface area contributed by atoms with Gasteiger partial charge in [0.1, 0.15) is 0 Å². The van der Waals surface area contributed by atoms with Crippen molar-refractivity contribution in [1.29, 1.82) is 0 Å². The van der Waals surface area contributed by atoms with E-state index in [4.69, 9.17) is 4.74 Å². The lowest BCUT2D eigenvalue weighted by atomic mass is 10.0. The smallest absolute Gasteiger partial charge is 0.252 e. The fourth-order valence-electron chi connectivity index (χ4n) is 2.92. The second-order valence-electron chi connectivity index (χ2n) is 5.50. The zero-order valence-electron chi connectivity index (χ0n) is 12.0. The molecule has 1 unspecified atom stereocenters. The molecule has 2 aliphatic rings. The molecule has 0 radical (unpaired) electrons. The molecule has 114 valence electrons. The maximum atomic E-state index is 12.6. The molecule has 1 saturated heterocycles. The van der Waals surface area contributed by atoms with Crippen molar-refractivity contribution in [2.75, 3.05) is 13.2 Å². The molecule has 0 bridgehead atoms. The second kappa shape index (κ2) is 6.10. The third-order valence-electron chi connectivity index (χ3n) is 4.04. The van der Waals surface area contributed by atoms with Crippen LogP contribution >= 0.6 is 21.6 Å². The highest BCUT2D eigenvalue weighted by Gasteiger charge is 2.22. The van der Waals surface area contributed by atoms with Gasteiger partial charge in [-0.3, -0.25) is 9.78 Å². The quantitative estimate of drug-likeness (QED) is 0.873. The normalized spacial score (nSPS) is 20.3. The molecule has 0 aliphatic carbocycles. The number of hydrogen-bond acceptors (Lipinski definition) is 5. The molecule has 4 rings (SSSR count). The van der Waals surface area contributed by atoms with Crippen molar-refractivity contribution >= 4 is 38.4 Å². The first-order chi connectivity index (χ1) is 10.8. The Hall–Kier alpha value is -1.24. The molecule has 0 saturated carbocycles. The molecule has 3 heterocycles. The maximum Gasteiger partial charge on any atom is 0.252 e. The van der Waals surface area contributed by atoms with E-state index in [9.17, 15) is 4.79 Å². The lowest BCUT2D eigenvalue weighted by Gasteiger charge is -2.13. The highest BCUT2D eigenvalue weighted by atomic mass is 33.1. The SMILES string of the molecule is O=C(NCC1CCCO1)c1cc2c(c3ncccc13)SSC2. The lowest BCUT2D eigenvalue weighted by Crippen LogP contribution is -2.32. The molecule has 1 amide bonds. The van der Waals surface area contributed by atoms with Crippen LogP contribution in [0.15, 0.2) is 29.3 Å². The minimum Gasteiger partial charge on any atom is -0.376 e. The molecule has 1 aromatic heterocycles. The van der Waals surface area contributed by atoms with Crippen molar-refractivity contribution < 1.29 is 9.53 Å². The van der Waals surface area contributed by atoms with Gasteiger partial charge < -0.3 is 10.1 Å². The van der Waals surface area contributed by atoms with Gasteiger partial charge in [0, 0.05) is 40.9 Å². The van der Waals surface area contributed by atoms with E-state index in [0.29, 0.717) is 6.54 Å². The summed E-state index contributed by atoms with van der Waals surface area (Å²) in [5, 5.41) is 3.95. The van der Waals surface area contributed by atoms with Crippen LogP contribution in [0.5, 0.6) is 0 Å². The molecule has 22 heavy (non-hydrogen) atoms. The second-order valence-corrected chi connectivity index (χ2v) is 7.81. The van der Waals surface area contributed by atoms with E-state index in [0.717, 1.165) is 41.7 Å². The predicted octanol–water partition coefficient (Wildman–Crippen LogP) is 3.40. The number of carbonyl (C=O) groups is 1. The van der Waals surface area contributed by atoms with Gasteiger partial charge in [-0.25, -0.2) is 0 Å². The average molecular weight is 332 g/mol. The number of amides is 1. The number of nitrogens with zero attached hydrogens (tertiary/aromatic N) is 1. The summed E-state index contributed by atoms with van der Waals surface area (Å²) in [5.74, 6) is 0.900. The van der Waals surface area contributed by atoms with Gasteiger partial charge in [0.15, 0.2) is 0 Å². The molecule has 6 heteroatoms. The van der Waals surface area contributed by atoms with Crippen LogP contribution in [0.4, 0.5) is 0 Å². The average Bonchev–Trinajstić information content (AvgIpc) is 3.23. The molecule has 2 aliphatic heterocycles. The van der Waals surface area contributed by atoms with Crippen LogP contribution < -0.4 is 5.32 Å². The molecular formula is C16H16N2O2S2. The number of nitrogens with one attached hydrogen (secondary N) is 1. The maximum absolute atomic E-state index is 12.6. The van der Waals surface area contributed by atoms with E-state index >= 15 is 0 Å². The van der Waals surface area contributed by atoms with Gasteiger partial charge in [-0.2, -0.15) is 0 Å². The predicted molar refractivity (Wildman–Crippen MR) is 90.2 cm³/mol. The van der Waals surface area contributed by atoms with Gasteiger partial charge in [-0.05, 0) is 30.5 Å². The summed E-state index contributed by atoms with van der Waals surface area (Å²) >= 11 is 0. The molecule has 2 aromatic rings. The zero-order valence-corrected chi connectivity index (χ0v) is 13.6. The van der Waals surface area contributed by atoms with E-state index < -0.39 is 0 Å². The molecule has 1 N–H and O–H groups in total. The highest BCUT2D eigenvalue weighted by molar-refractivity contribution is 8.76. The molecule has 1 aromatic carbocycles. The number of pyridine rings is 1. The van der Waals surface area contributed by atoms with E-state index in [1.807, 2.05) is 18.2 Å². The molecule has 4 nitrogen and oxygen atoms in total. The first-order valence-electron chi connectivity index (χ1n) is 7.43. The Bertz CT molecular complexity index is 729. The molecule has 0 spiro atoms. The van der Waals surface area contributed by atoms with Crippen LogP contribution in [0.25, 0.3) is 10.9 Å². The zero-order chi connectivity index (χ0) is 14.9. The highest BCUT2D eigenvalue weighted by Crippen LogP contribution is 2.47. The third kappa shape index (κ3) is 2.59. The van der Waals surface area contributed by atoms with Crippen LogP contribution in [0.2, 0.25) is 0 Å². The third-order valence-corrected chi connectivity index (χ3v) is 6.41. The van der Waals surface area contributed by atoms with Crippen molar-refractivity contribution in [3.63, 3.8) is 0 Å². The fourth-order valence-corrected chi connectivity index (χ4v) is 5.49. The van der Waals surface area contributed by atoms with Crippen LogP contribution in [-0.2, 0) is 10.5 Å². The van der Waals surface area contributed by atoms with Gasteiger partial charge in [0.25, 0.3) is 5.91 Å². The van der Waals surface area contributed by atoms with E-state index in [2.05, 4.69) is 10.3 Å². The Kier molecular flexibility index (Phi) is 3.98. The van der Waals surface area contributed by atoms with Gasteiger partial charge in [0.2, 0.25) is 0 Å². The van der Waals surface area contributed by atoms with Gasteiger partial charge >= 0.3 is 0 Å². The number of fused-ring (bicyclic) bond motifs is 3. The minimum atomic E-state index is -0.0294. The summed E-state index contributed by atoms with van der Waals surface area (Å²) in [6.07, 6.45) is 4.06. The summed E-state index contributed by atoms with van der Waals surface area (Å²) < 4.78 is 5.57. The Labute approximate surface area is 136 Å². The summed E-state index contributed by atoms with van der Waals surface area (Å²) in [4.78, 5) is 18.3. The monoisotopic (exact) mass is 332 g/mol. The number of hydrogen-bond donors (Lipinski definition) is 1. The van der Waals surface area contributed by atoms with Crippen LogP contribution in [0.3, 0.4) is 0 Å². The van der Waals surface area contributed by atoms with Crippen LogP contribution in [0, 0.1) is 0 Å². The first-order valence-corrected chi connectivity index (χ1v) is 9.75. The van der Waals surface area contributed by atoms with Crippen molar-refractivity contribution in [2.24, 2.45) is 0 Å². The first kappa shape index (κ1) is 14.4. The molecule has 1 fully saturated rings. The van der Waals surface area contributed by atoms with Gasteiger partial charge in [-0.1, -0.05) is 27.7 Å². The molecule has 1 atom stereocenters. The van der Waals surface area contributed by atoms with E-state index in [1.54, 1.807) is 27.8 Å². The topological polar surface area (TPSA) is 51.2 Å². The summed E-state index contributed by atoms with van der Waals surface area (Å²) in [6.45, 7) is 1.39. The standard InChI is InChI=1S/C16H16N2O2S2/c19-16(18-8-11-3-2-6-20-11)13-7-10-9-21-22-15(10)14-12(13)4-1-5-17-14/h1,4-5,7,11H,2-3,6,8-9H2,(H,18,19). The Morgan fingerprint density at radius 3 is 3.32 bits per heavy atom. The fraction of sp³-hybridized carbons (Fsp3) is 0.375. The van der Waals surface area contributed by atoms with Crippen molar-refractivity contribution in [3.05, 3.63) is 35.5 Å². The molecular weight excluding hydrogens is 316 g/mol. The minimum absolute atomic E-state index is 0.0294. The van der Waals surface area contributed by atoms with Crippen LogP contribution in [0.1, 0.15) is 28.8 Å². The summed E-state index contributed by atoms with van der Waals surface area (Å²) in [5.41, 5.74) is 2.88. The van der Waals surface area contributed by atoms with E-state index in [1.165, 1.54) is 10.5 Å². The Morgan fingerprint density at radius 2 is 2.45 bits per heavy atom. The van der Waals surface area contributed by atoms with E-state index in [-0.39, 0.29) is 12.0 Å². The summed E-state index contributed by atoms with van der Waals surface area (Å²) in [7, 11) is 3.55. The Balaban J connectivity index is 1.65. The number of ether oxygens (including phenoxy) is 1. The Morgan fingerprint density at radius 1 is 1.50 bits per heavy atom. The summed E-state index contributed by atoms with van der Waals surface area (Å²) in [6, 6.07) is 5.89. The number of benzene rings is 1. The van der Waals surface area contributed by atoms with Gasteiger partial charge in [-0.15, -0.1) is 0 Å². The van der Waals surface area contributed by atoms with Crippen molar-refractivity contribution in [1.82, 2.24) is 10.3 Å². The van der Waals surface area contributed by atoms with Crippen LogP contribution in [-0.4, -0.2) is 30.1 Å². The van der Waals surface area contributed by atoms with Crippen molar-refractivity contribution in [2.45, 2.75) is 29.6 Å². The largest absolute Gasteiger partial charge is 0.376 e. The van der Waals surface area contributed by atoms with Crippen molar-refractivity contribution in [3.8, 4) is 0 Å².